The highest BCUT2D eigenvalue weighted by Crippen LogP contribution is 2.26. The van der Waals surface area contributed by atoms with Gasteiger partial charge in [0.05, 0.1) is 30.2 Å². The molecule has 132 valence electrons. The molecule has 25 heavy (non-hydrogen) atoms. The van der Waals surface area contributed by atoms with Crippen LogP contribution in [0.3, 0.4) is 0 Å². The van der Waals surface area contributed by atoms with Crippen molar-refractivity contribution in [2.24, 2.45) is 0 Å². The predicted molar refractivity (Wildman–Crippen MR) is 99.3 cm³/mol. The van der Waals surface area contributed by atoms with Gasteiger partial charge in [-0.1, -0.05) is 12.1 Å². The van der Waals surface area contributed by atoms with Gasteiger partial charge in [0.1, 0.15) is 5.75 Å². The molecule has 0 aliphatic rings. The third-order valence-corrected chi connectivity index (χ3v) is 4.53. The van der Waals surface area contributed by atoms with Crippen LogP contribution in [0.5, 0.6) is 5.75 Å². The quantitative estimate of drug-likeness (QED) is 0.598. The number of hydrogen-bond acceptors (Lipinski definition) is 5. The van der Waals surface area contributed by atoms with Crippen LogP contribution in [0.2, 0.25) is 0 Å². The molecule has 2 aromatic carbocycles. The third-order valence-electron chi connectivity index (χ3n) is 3.42. The lowest BCUT2D eigenvalue weighted by molar-refractivity contribution is -0.115. The summed E-state index contributed by atoms with van der Waals surface area (Å²) in [4.78, 5) is 25.4. The SMILES string of the molecule is CCOC(=O)c1ccccc1NC(=O)[C@H](C)Sc1ccc(OC)cc1. The van der Waals surface area contributed by atoms with E-state index in [1.165, 1.54) is 11.8 Å². The maximum atomic E-state index is 12.5. The summed E-state index contributed by atoms with van der Waals surface area (Å²) in [6.45, 7) is 3.84. The zero-order valence-electron chi connectivity index (χ0n) is 14.4. The van der Waals surface area contributed by atoms with Crippen LogP contribution >= 0.6 is 11.8 Å². The van der Waals surface area contributed by atoms with Crippen LogP contribution < -0.4 is 10.1 Å². The zero-order chi connectivity index (χ0) is 18.2. The maximum absolute atomic E-state index is 12.5. The van der Waals surface area contributed by atoms with E-state index in [1.54, 1.807) is 38.3 Å². The third kappa shape index (κ3) is 5.26. The van der Waals surface area contributed by atoms with Crippen LogP contribution in [-0.4, -0.2) is 30.8 Å². The number of methoxy groups -OCH3 is 1. The maximum Gasteiger partial charge on any atom is 0.340 e. The van der Waals surface area contributed by atoms with E-state index in [2.05, 4.69) is 5.32 Å². The molecule has 0 heterocycles. The van der Waals surface area contributed by atoms with Crippen LogP contribution in [0.4, 0.5) is 5.69 Å². The van der Waals surface area contributed by atoms with E-state index in [9.17, 15) is 9.59 Å². The van der Waals surface area contributed by atoms with Crippen molar-refractivity contribution in [2.45, 2.75) is 24.0 Å². The number of amides is 1. The van der Waals surface area contributed by atoms with Gasteiger partial charge in [-0.15, -0.1) is 11.8 Å². The Morgan fingerprint density at radius 3 is 2.44 bits per heavy atom. The largest absolute Gasteiger partial charge is 0.497 e. The lowest BCUT2D eigenvalue weighted by Gasteiger charge is -2.14. The van der Waals surface area contributed by atoms with Crippen molar-refractivity contribution in [3.05, 3.63) is 54.1 Å². The molecule has 0 saturated heterocycles. The molecule has 5 nitrogen and oxygen atoms in total. The van der Waals surface area contributed by atoms with Gasteiger partial charge in [-0.3, -0.25) is 4.79 Å². The second kappa shape index (κ2) is 9.13. The van der Waals surface area contributed by atoms with Crippen molar-refractivity contribution in [1.29, 1.82) is 0 Å². The minimum atomic E-state index is -0.450. The predicted octanol–water partition coefficient (Wildman–Crippen LogP) is 3.99. The first-order valence-electron chi connectivity index (χ1n) is 7.93. The number of ether oxygens (including phenoxy) is 2. The Bertz CT molecular complexity index is 730. The molecule has 0 fully saturated rings. The highest BCUT2D eigenvalue weighted by Gasteiger charge is 2.18. The molecule has 0 bridgehead atoms. The van der Waals surface area contributed by atoms with Crippen LogP contribution in [0, 0.1) is 0 Å². The van der Waals surface area contributed by atoms with Crippen molar-refractivity contribution in [2.75, 3.05) is 19.0 Å². The van der Waals surface area contributed by atoms with Gasteiger partial charge in [-0.25, -0.2) is 4.79 Å². The number of rotatable bonds is 7. The highest BCUT2D eigenvalue weighted by molar-refractivity contribution is 8.00. The Hall–Kier alpha value is -2.47. The van der Waals surface area contributed by atoms with E-state index in [1.807, 2.05) is 31.2 Å². The molecular formula is C19H21NO4S. The fourth-order valence-electron chi connectivity index (χ4n) is 2.13. The molecular weight excluding hydrogens is 338 g/mol. The first-order valence-corrected chi connectivity index (χ1v) is 8.80. The normalized spacial score (nSPS) is 11.5. The van der Waals surface area contributed by atoms with Gasteiger partial charge < -0.3 is 14.8 Å². The van der Waals surface area contributed by atoms with Crippen LogP contribution in [0.15, 0.2) is 53.4 Å². The standard InChI is InChI=1S/C19H21NO4S/c1-4-24-19(22)16-7-5-6-8-17(16)20-18(21)13(2)25-15-11-9-14(23-3)10-12-15/h5-13H,4H2,1-3H3,(H,20,21)/t13-/m0/s1. The average Bonchev–Trinajstić information content (AvgIpc) is 2.63. The van der Waals surface area contributed by atoms with E-state index >= 15 is 0 Å². The average molecular weight is 359 g/mol. The summed E-state index contributed by atoms with van der Waals surface area (Å²) in [6, 6.07) is 14.3. The van der Waals surface area contributed by atoms with E-state index in [0.717, 1.165) is 10.6 Å². The Morgan fingerprint density at radius 1 is 1.12 bits per heavy atom. The minimum absolute atomic E-state index is 0.183. The summed E-state index contributed by atoms with van der Waals surface area (Å²) in [5.74, 6) is 0.135. The molecule has 1 atom stereocenters. The molecule has 1 N–H and O–H groups in total. The first-order chi connectivity index (χ1) is 12.0. The van der Waals surface area contributed by atoms with E-state index in [-0.39, 0.29) is 17.8 Å². The highest BCUT2D eigenvalue weighted by atomic mass is 32.2. The van der Waals surface area contributed by atoms with Crippen molar-refractivity contribution in [3.63, 3.8) is 0 Å². The summed E-state index contributed by atoms with van der Waals surface area (Å²) in [5, 5.41) is 2.48. The Kier molecular flexibility index (Phi) is 6.89. The molecule has 0 aliphatic heterocycles. The van der Waals surface area contributed by atoms with Crippen molar-refractivity contribution >= 4 is 29.3 Å². The number of para-hydroxylation sites is 1. The number of carbonyl (C=O) groups excluding carboxylic acids is 2. The van der Waals surface area contributed by atoms with Gasteiger partial charge in [0.25, 0.3) is 0 Å². The number of hydrogen-bond donors (Lipinski definition) is 1. The summed E-state index contributed by atoms with van der Waals surface area (Å²) >= 11 is 1.43. The molecule has 0 aromatic heterocycles. The minimum Gasteiger partial charge on any atom is -0.497 e. The second-order valence-electron chi connectivity index (χ2n) is 5.19. The smallest absolute Gasteiger partial charge is 0.340 e. The van der Waals surface area contributed by atoms with E-state index in [4.69, 9.17) is 9.47 Å². The Labute approximate surface area is 151 Å². The van der Waals surface area contributed by atoms with Crippen molar-refractivity contribution < 1.29 is 19.1 Å². The molecule has 0 aliphatic carbocycles. The fraction of sp³-hybridized carbons (Fsp3) is 0.263. The Balaban J connectivity index is 2.04. The lowest BCUT2D eigenvalue weighted by Crippen LogP contribution is -2.23. The van der Waals surface area contributed by atoms with Gasteiger partial charge in [0.2, 0.25) is 5.91 Å². The summed E-state index contributed by atoms with van der Waals surface area (Å²) < 4.78 is 10.1. The molecule has 0 saturated carbocycles. The van der Waals surface area contributed by atoms with E-state index < -0.39 is 5.97 Å². The monoisotopic (exact) mass is 359 g/mol. The molecule has 2 aromatic rings. The number of esters is 1. The van der Waals surface area contributed by atoms with Gasteiger partial charge in [0, 0.05) is 4.90 Å². The van der Waals surface area contributed by atoms with E-state index in [0.29, 0.717) is 11.3 Å². The molecule has 0 spiro atoms. The summed E-state index contributed by atoms with van der Waals surface area (Å²) in [5.41, 5.74) is 0.799. The van der Waals surface area contributed by atoms with Crippen LogP contribution in [0.25, 0.3) is 0 Å². The van der Waals surface area contributed by atoms with Crippen LogP contribution in [0.1, 0.15) is 24.2 Å². The van der Waals surface area contributed by atoms with Crippen LogP contribution in [-0.2, 0) is 9.53 Å². The number of carbonyl (C=O) groups is 2. The topological polar surface area (TPSA) is 64.6 Å². The first kappa shape index (κ1) is 18.9. The van der Waals surface area contributed by atoms with Crippen molar-refractivity contribution in [1.82, 2.24) is 0 Å². The number of benzene rings is 2. The number of thioether (sulfide) groups is 1. The van der Waals surface area contributed by atoms with Gasteiger partial charge in [0.15, 0.2) is 0 Å². The van der Waals surface area contributed by atoms with Gasteiger partial charge >= 0.3 is 5.97 Å². The summed E-state index contributed by atoms with van der Waals surface area (Å²) in [7, 11) is 1.61. The second-order valence-corrected chi connectivity index (χ2v) is 6.61. The Morgan fingerprint density at radius 2 is 1.80 bits per heavy atom. The number of nitrogens with one attached hydrogen (secondary N) is 1. The zero-order valence-corrected chi connectivity index (χ0v) is 15.3. The molecule has 2 rings (SSSR count). The van der Waals surface area contributed by atoms with Crippen molar-refractivity contribution in [3.8, 4) is 5.75 Å². The molecule has 0 unspecified atom stereocenters. The van der Waals surface area contributed by atoms with Gasteiger partial charge in [-0.05, 0) is 50.2 Å². The lowest BCUT2D eigenvalue weighted by atomic mass is 10.1. The fourth-order valence-corrected chi connectivity index (χ4v) is 2.99. The molecule has 1 amide bonds. The number of anilines is 1. The summed E-state index contributed by atoms with van der Waals surface area (Å²) in [6.07, 6.45) is 0. The molecule has 6 heteroatoms. The van der Waals surface area contributed by atoms with Gasteiger partial charge in [-0.2, -0.15) is 0 Å². The molecule has 0 radical (unpaired) electrons.